The molecule has 2 aliphatic rings. The molecule has 0 bridgehead atoms. The minimum Gasteiger partial charge on any atom is -0.337 e. The summed E-state index contributed by atoms with van der Waals surface area (Å²) in [5.41, 5.74) is 1.87. The lowest BCUT2D eigenvalue weighted by Gasteiger charge is -2.42. The lowest BCUT2D eigenvalue weighted by Crippen LogP contribution is -2.57. The molecule has 0 saturated carbocycles. The van der Waals surface area contributed by atoms with E-state index in [0.29, 0.717) is 18.5 Å². The number of imide groups is 1. The Bertz CT molecular complexity index is 741. The fourth-order valence-corrected chi connectivity index (χ4v) is 3.53. The first kappa shape index (κ1) is 12.1. The molecule has 2 aromatic rings. The first-order valence-corrected chi connectivity index (χ1v) is 7.02. The summed E-state index contributed by atoms with van der Waals surface area (Å²) in [6.07, 6.45) is 0.686. The van der Waals surface area contributed by atoms with Crippen LogP contribution in [-0.2, 0) is 5.54 Å². The number of fused-ring (bicyclic) bond motifs is 3. The highest BCUT2D eigenvalue weighted by molar-refractivity contribution is 6.10. The smallest absolute Gasteiger partial charge is 0.325 e. The third kappa shape index (κ3) is 1.44. The van der Waals surface area contributed by atoms with Gasteiger partial charge in [0, 0.05) is 12.1 Å². The highest BCUT2D eigenvalue weighted by Crippen LogP contribution is 2.47. The number of carbonyl (C=O) groups is 2. The van der Waals surface area contributed by atoms with Crippen LogP contribution in [0.15, 0.2) is 54.6 Å². The van der Waals surface area contributed by atoms with E-state index < -0.39 is 5.54 Å². The van der Waals surface area contributed by atoms with Crippen LogP contribution in [0.4, 0.5) is 4.79 Å². The largest absolute Gasteiger partial charge is 0.337 e. The van der Waals surface area contributed by atoms with Gasteiger partial charge in [-0.05, 0) is 23.6 Å². The van der Waals surface area contributed by atoms with Crippen LogP contribution in [0.3, 0.4) is 0 Å². The minimum atomic E-state index is -0.669. The van der Waals surface area contributed by atoms with Gasteiger partial charge in [0.2, 0.25) is 0 Å². The molecular weight excluding hydrogens is 264 g/mol. The van der Waals surface area contributed by atoms with E-state index in [1.807, 2.05) is 48.5 Å². The summed E-state index contributed by atoms with van der Waals surface area (Å²) in [6.45, 7) is 0.561. The third-order valence-corrected chi connectivity index (χ3v) is 4.41. The van der Waals surface area contributed by atoms with Crippen molar-refractivity contribution in [2.24, 2.45) is 0 Å². The Labute approximate surface area is 122 Å². The topological polar surface area (TPSA) is 49.4 Å². The number of nitrogens with one attached hydrogen (secondary N) is 1. The maximum atomic E-state index is 12.7. The van der Waals surface area contributed by atoms with Gasteiger partial charge in [-0.25, -0.2) is 9.69 Å². The minimum absolute atomic E-state index is 0.216. The van der Waals surface area contributed by atoms with Crippen LogP contribution in [0.2, 0.25) is 0 Å². The maximum Gasteiger partial charge on any atom is 0.325 e. The number of urea groups is 1. The summed E-state index contributed by atoms with van der Waals surface area (Å²) in [5, 5.41) is 2.78. The van der Waals surface area contributed by atoms with Crippen molar-refractivity contribution >= 4 is 11.9 Å². The van der Waals surface area contributed by atoms with Gasteiger partial charge >= 0.3 is 6.03 Å². The van der Waals surface area contributed by atoms with Crippen molar-refractivity contribution in [3.63, 3.8) is 0 Å². The lowest BCUT2D eigenvalue weighted by atomic mass is 9.79. The standard InChI is InChI=1S/C17H14N2O2/c20-15-13-8-4-5-9-14(13)17(12-6-2-1-3-7-12)10-11-18-16(21)19(15)17/h1-9H,10-11H2,(H,18,21). The van der Waals surface area contributed by atoms with Crippen molar-refractivity contribution in [1.82, 2.24) is 10.2 Å². The molecule has 1 unspecified atom stereocenters. The molecule has 4 heteroatoms. The summed E-state index contributed by atoms with van der Waals surface area (Å²) in [7, 11) is 0. The molecule has 3 amide bonds. The zero-order valence-corrected chi connectivity index (χ0v) is 11.4. The lowest BCUT2D eigenvalue weighted by molar-refractivity contribution is 0.0655. The fourth-order valence-electron chi connectivity index (χ4n) is 3.53. The Kier molecular flexibility index (Phi) is 2.42. The summed E-state index contributed by atoms with van der Waals surface area (Å²) in [4.78, 5) is 26.4. The van der Waals surface area contributed by atoms with Gasteiger partial charge in [-0.3, -0.25) is 4.79 Å². The highest BCUT2D eigenvalue weighted by atomic mass is 16.2. The number of carbonyl (C=O) groups excluding carboxylic acids is 2. The van der Waals surface area contributed by atoms with E-state index >= 15 is 0 Å². The van der Waals surface area contributed by atoms with Gasteiger partial charge in [0.05, 0.1) is 0 Å². The molecule has 2 aliphatic heterocycles. The predicted molar refractivity (Wildman–Crippen MR) is 77.8 cm³/mol. The van der Waals surface area contributed by atoms with Crippen LogP contribution >= 0.6 is 0 Å². The number of nitrogens with zero attached hydrogens (tertiary/aromatic N) is 1. The monoisotopic (exact) mass is 278 g/mol. The first-order valence-electron chi connectivity index (χ1n) is 7.02. The molecule has 1 atom stereocenters. The average molecular weight is 278 g/mol. The van der Waals surface area contributed by atoms with E-state index in [0.717, 1.165) is 11.1 Å². The van der Waals surface area contributed by atoms with Crippen LogP contribution in [0.1, 0.15) is 27.9 Å². The molecule has 104 valence electrons. The first-order chi connectivity index (χ1) is 10.2. The average Bonchev–Trinajstić information content (AvgIpc) is 2.80. The molecule has 0 aromatic heterocycles. The van der Waals surface area contributed by atoms with E-state index in [2.05, 4.69) is 5.32 Å². The Morgan fingerprint density at radius 1 is 0.952 bits per heavy atom. The second kappa shape index (κ2) is 4.19. The molecule has 1 N–H and O–H groups in total. The third-order valence-electron chi connectivity index (χ3n) is 4.41. The molecule has 4 nitrogen and oxygen atoms in total. The van der Waals surface area contributed by atoms with Gasteiger partial charge in [-0.1, -0.05) is 48.5 Å². The van der Waals surface area contributed by atoms with Gasteiger partial charge < -0.3 is 5.32 Å². The molecule has 1 saturated heterocycles. The fraction of sp³-hybridized carbons (Fsp3) is 0.176. The van der Waals surface area contributed by atoms with Crippen LogP contribution in [0, 0.1) is 0 Å². The number of amides is 3. The Morgan fingerprint density at radius 3 is 2.48 bits per heavy atom. The zero-order chi connectivity index (χ0) is 14.4. The number of benzene rings is 2. The molecule has 2 aromatic carbocycles. The summed E-state index contributed by atoms with van der Waals surface area (Å²) >= 11 is 0. The summed E-state index contributed by atoms with van der Waals surface area (Å²) in [5.74, 6) is -0.216. The van der Waals surface area contributed by atoms with Crippen LogP contribution in [0.25, 0.3) is 0 Å². The zero-order valence-electron chi connectivity index (χ0n) is 11.4. The molecule has 0 spiro atoms. The van der Waals surface area contributed by atoms with E-state index in [4.69, 9.17) is 0 Å². The van der Waals surface area contributed by atoms with Crippen LogP contribution < -0.4 is 5.32 Å². The molecule has 0 radical (unpaired) electrons. The second-order valence-electron chi connectivity index (χ2n) is 5.39. The Hall–Kier alpha value is -2.62. The quantitative estimate of drug-likeness (QED) is 0.871. The van der Waals surface area contributed by atoms with Crippen molar-refractivity contribution < 1.29 is 9.59 Å². The van der Waals surface area contributed by atoms with E-state index in [9.17, 15) is 9.59 Å². The highest BCUT2D eigenvalue weighted by Gasteiger charge is 2.55. The molecule has 2 heterocycles. The Morgan fingerprint density at radius 2 is 1.67 bits per heavy atom. The molecule has 21 heavy (non-hydrogen) atoms. The SMILES string of the molecule is O=C1NCCC2(c3ccccc3)c3ccccc3C(=O)N12. The maximum absolute atomic E-state index is 12.7. The second-order valence-corrected chi connectivity index (χ2v) is 5.39. The van der Waals surface area contributed by atoms with Crippen molar-refractivity contribution in [2.45, 2.75) is 12.0 Å². The van der Waals surface area contributed by atoms with Gasteiger partial charge in [0.15, 0.2) is 0 Å². The molecular formula is C17H14N2O2. The normalized spacial score (nSPS) is 23.5. The van der Waals surface area contributed by atoms with E-state index in [-0.39, 0.29) is 11.9 Å². The number of hydrogen-bond donors (Lipinski definition) is 1. The van der Waals surface area contributed by atoms with Crippen molar-refractivity contribution in [3.8, 4) is 0 Å². The van der Waals surface area contributed by atoms with Crippen molar-refractivity contribution in [2.75, 3.05) is 6.54 Å². The van der Waals surface area contributed by atoms with Crippen molar-refractivity contribution in [3.05, 3.63) is 71.3 Å². The summed E-state index contributed by atoms with van der Waals surface area (Å²) in [6, 6.07) is 17.0. The van der Waals surface area contributed by atoms with Gasteiger partial charge in [0.1, 0.15) is 5.54 Å². The van der Waals surface area contributed by atoms with Gasteiger partial charge in [0.25, 0.3) is 5.91 Å². The van der Waals surface area contributed by atoms with Crippen molar-refractivity contribution in [1.29, 1.82) is 0 Å². The Balaban J connectivity index is 2.04. The molecule has 0 aliphatic carbocycles. The molecule has 1 fully saturated rings. The number of rotatable bonds is 1. The summed E-state index contributed by atoms with van der Waals surface area (Å²) < 4.78 is 0. The molecule has 4 rings (SSSR count). The van der Waals surface area contributed by atoms with Gasteiger partial charge in [-0.2, -0.15) is 0 Å². The van der Waals surface area contributed by atoms with E-state index in [1.165, 1.54) is 4.90 Å². The van der Waals surface area contributed by atoms with Crippen LogP contribution in [-0.4, -0.2) is 23.4 Å². The predicted octanol–water partition coefficient (Wildman–Crippen LogP) is 2.50. The van der Waals surface area contributed by atoms with Crippen LogP contribution in [0.5, 0.6) is 0 Å². The van der Waals surface area contributed by atoms with E-state index in [1.54, 1.807) is 6.07 Å². The van der Waals surface area contributed by atoms with Gasteiger partial charge in [-0.15, -0.1) is 0 Å². The number of hydrogen-bond acceptors (Lipinski definition) is 2.